The third kappa shape index (κ3) is 4.27. The van der Waals surface area contributed by atoms with Gasteiger partial charge in [-0.1, -0.05) is 43.3 Å². The number of nitrogens with zero attached hydrogens (tertiary/aromatic N) is 2. The van der Waals surface area contributed by atoms with Crippen LogP contribution in [0, 0.1) is 0 Å². The summed E-state index contributed by atoms with van der Waals surface area (Å²) in [6, 6.07) is 14.8. The maximum absolute atomic E-state index is 13.0. The number of carbonyl (C=O) groups is 3. The highest BCUT2D eigenvalue weighted by atomic mass is 16.2. The van der Waals surface area contributed by atoms with Crippen molar-refractivity contribution in [3.8, 4) is 0 Å². The number of hydrogen-bond donors (Lipinski definition) is 1. The molecule has 0 saturated heterocycles. The molecule has 2 aromatic carbocycles. The molecule has 0 aliphatic rings. The van der Waals surface area contributed by atoms with E-state index in [4.69, 9.17) is 0 Å². The smallest absolute Gasteiger partial charge is 0.296 e. The van der Waals surface area contributed by atoms with Gasteiger partial charge in [-0.2, -0.15) is 0 Å². The second kappa shape index (κ2) is 9.39. The molecule has 3 aromatic rings. The van der Waals surface area contributed by atoms with Crippen LogP contribution in [-0.2, 0) is 22.6 Å². The zero-order chi connectivity index (χ0) is 21.7. The third-order valence-corrected chi connectivity index (χ3v) is 5.31. The van der Waals surface area contributed by atoms with E-state index in [1.54, 1.807) is 27.8 Å². The highest BCUT2D eigenvalue weighted by Crippen LogP contribution is 2.23. The summed E-state index contributed by atoms with van der Waals surface area (Å²) in [7, 11) is 0. The number of hydrogen-bond acceptors (Lipinski definition) is 3. The Balaban J connectivity index is 1.91. The number of rotatable bonds is 8. The summed E-state index contributed by atoms with van der Waals surface area (Å²) in [4.78, 5) is 40.0. The van der Waals surface area contributed by atoms with Crippen molar-refractivity contribution < 1.29 is 14.4 Å². The van der Waals surface area contributed by atoms with E-state index in [2.05, 4.69) is 5.32 Å². The number of fused-ring (bicyclic) bond motifs is 1. The van der Waals surface area contributed by atoms with Gasteiger partial charge in [0.15, 0.2) is 0 Å². The molecule has 30 heavy (non-hydrogen) atoms. The molecule has 0 saturated carbocycles. The molecule has 0 aliphatic heterocycles. The van der Waals surface area contributed by atoms with Gasteiger partial charge in [0.05, 0.1) is 5.56 Å². The number of benzene rings is 2. The summed E-state index contributed by atoms with van der Waals surface area (Å²) in [5.74, 6) is -1.33. The molecule has 0 unspecified atom stereocenters. The first kappa shape index (κ1) is 21.3. The van der Waals surface area contributed by atoms with E-state index < -0.39 is 11.7 Å². The minimum atomic E-state index is -0.686. The molecule has 0 radical (unpaired) electrons. The van der Waals surface area contributed by atoms with E-state index in [0.717, 1.165) is 17.5 Å². The van der Waals surface area contributed by atoms with Gasteiger partial charge in [0.2, 0.25) is 5.91 Å². The predicted octanol–water partition coefficient (Wildman–Crippen LogP) is 3.89. The molecule has 0 aliphatic carbocycles. The summed E-state index contributed by atoms with van der Waals surface area (Å²) >= 11 is 0. The molecule has 2 amide bonds. The number of likely N-dealkylation sites (N-methyl/N-ethyl adjacent to an activating group) is 1. The van der Waals surface area contributed by atoms with Gasteiger partial charge in [-0.3, -0.25) is 14.4 Å². The van der Waals surface area contributed by atoms with Gasteiger partial charge in [-0.05, 0) is 38.0 Å². The van der Waals surface area contributed by atoms with Crippen LogP contribution in [0.25, 0.3) is 10.9 Å². The molecule has 1 aromatic heterocycles. The van der Waals surface area contributed by atoms with Gasteiger partial charge < -0.3 is 14.8 Å². The average molecular weight is 405 g/mol. The second-order valence-electron chi connectivity index (χ2n) is 7.05. The molecular weight excluding hydrogens is 378 g/mol. The van der Waals surface area contributed by atoms with Gasteiger partial charge in [0.25, 0.3) is 11.7 Å². The average Bonchev–Trinajstić information content (AvgIpc) is 3.12. The largest absolute Gasteiger partial charge is 0.342 e. The van der Waals surface area contributed by atoms with Crippen molar-refractivity contribution in [1.82, 2.24) is 9.47 Å². The van der Waals surface area contributed by atoms with Crippen LogP contribution in [0.2, 0.25) is 0 Å². The van der Waals surface area contributed by atoms with E-state index in [0.29, 0.717) is 29.7 Å². The standard InChI is InChI=1S/C24H27N3O3/c1-4-17-11-7-9-13-20(17)25-24(30)23(29)19-15-27(16-22(28)26(5-2)6-3)21-14-10-8-12-18(19)21/h7-15H,4-6,16H2,1-3H3,(H,25,30). The Morgan fingerprint density at radius 1 is 0.933 bits per heavy atom. The fourth-order valence-corrected chi connectivity index (χ4v) is 3.63. The van der Waals surface area contributed by atoms with Crippen LogP contribution in [0.15, 0.2) is 54.7 Å². The van der Waals surface area contributed by atoms with E-state index in [1.165, 1.54) is 0 Å². The molecule has 1 N–H and O–H groups in total. The Morgan fingerprint density at radius 2 is 1.60 bits per heavy atom. The molecule has 0 spiro atoms. The summed E-state index contributed by atoms with van der Waals surface area (Å²) in [5, 5.41) is 3.40. The summed E-state index contributed by atoms with van der Waals surface area (Å²) in [6.07, 6.45) is 2.36. The van der Waals surface area contributed by atoms with Crippen molar-refractivity contribution in [1.29, 1.82) is 0 Å². The quantitative estimate of drug-likeness (QED) is 0.456. The highest BCUT2D eigenvalue weighted by molar-refractivity contribution is 6.48. The van der Waals surface area contributed by atoms with Gasteiger partial charge in [-0.25, -0.2) is 0 Å². The second-order valence-corrected chi connectivity index (χ2v) is 7.05. The maximum Gasteiger partial charge on any atom is 0.296 e. The number of amides is 2. The Labute approximate surface area is 176 Å². The fourth-order valence-electron chi connectivity index (χ4n) is 3.63. The molecule has 0 fully saturated rings. The molecule has 6 nitrogen and oxygen atoms in total. The first-order valence-corrected chi connectivity index (χ1v) is 10.3. The number of anilines is 1. The fraction of sp³-hybridized carbons (Fsp3) is 0.292. The Morgan fingerprint density at radius 3 is 2.30 bits per heavy atom. The minimum Gasteiger partial charge on any atom is -0.342 e. The van der Waals surface area contributed by atoms with Crippen molar-refractivity contribution in [3.63, 3.8) is 0 Å². The number of carbonyl (C=O) groups excluding carboxylic acids is 3. The number of aromatic nitrogens is 1. The first-order valence-electron chi connectivity index (χ1n) is 10.3. The van der Waals surface area contributed by atoms with Gasteiger partial charge >= 0.3 is 0 Å². The normalized spacial score (nSPS) is 10.8. The van der Waals surface area contributed by atoms with Crippen LogP contribution < -0.4 is 5.32 Å². The number of ketones is 1. The Kier molecular flexibility index (Phi) is 6.67. The zero-order valence-electron chi connectivity index (χ0n) is 17.6. The van der Waals surface area contributed by atoms with E-state index in [9.17, 15) is 14.4 Å². The minimum absolute atomic E-state index is 0.0268. The summed E-state index contributed by atoms with van der Waals surface area (Å²) < 4.78 is 1.75. The topological polar surface area (TPSA) is 71.4 Å². The Hall–Kier alpha value is -3.41. The Bertz CT molecular complexity index is 1080. The van der Waals surface area contributed by atoms with Crippen LogP contribution >= 0.6 is 0 Å². The lowest BCUT2D eigenvalue weighted by atomic mass is 10.1. The van der Waals surface area contributed by atoms with Crippen molar-refractivity contribution in [2.75, 3.05) is 18.4 Å². The van der Waals surface area contributed by atoms with Crippen LogP contribution in [0.1, 0.15) is 36.7 Å². The highest BCUT2D eigenvalue weighted by Gasteiger charge is 2.23. The number of Topliss-reactive ketones (excluding diaryl/α,β-unsaturated/α-hetero) is 1. The molecule has 0 bridgehead atoms. The van der Waals surface area contributed by atoms with Crippen LogP contribution in [0.5, 0.6) is 0 Å². The lowest BCUT2D eigenvalue weighted by molar-refractivity contribution is -0.131. The van der Waals surface area contributed by atoms with Crippen molar-refractivity contribution in [2.45, 2.75) is 33.7 Å². The first-order chi connectivity index (χ1) is 14.5. The lowest BCUT2D eigenvalue weighted by Gasteiger charge is -2.19. The van der Waals surface area contributed by atoms with E-state index in [1.807, 2.05) is 57.2 Å². The maximum atomic E-state index is 13.0. The molecule has 156 valence electrons. The summed E-state index contributed by atoms with van der Waals surface area (Å²) in [6.45, 7) is 7.23. The molecule has 1 heterocycles. The van der Waals surface area contributed by atoms with E-state index >= 15 is 0 Å². The zero-order valence-corrected chi connectivity index (χ0v) is 17.6. The van der Waals surface area contributed by atoms with Crippen LogP contribution in [0.3, 0.4) is 0 Å². The van der Waals surface area contributed by atoms with Crippen LogP contribution in [0.4, 0.5) is 5.69 Å². The summed E-state index contributed by atoms with van der Waals surface area (Å²) in [5.41, 5.74) is 2.65. The number of nitrogens with one attached hydrogen (secondary N) is 1. The number of aryl methyl sites for hydroxylation is 1. The van der Waals surface area contributed by atoms with Crippen molar-refractivity contribution in [3.05, 3.63) is 65.9 Å². The molecular formula is C24H27N3O3. The third-order valence-electron chi connectivity index (χ3n) is 5.31. The molecule has 6 heteroatoms. The van der Waals surface area contributed by atoms with Gasteiger partial charge in [0.1, 0.15) is 6.54 Å². The number of para-hydroxylation sites is 2. The SMILES string of the molecule is CCc1ccccc1NC(=O)C(=O)c1cn(CC(=O)N(CC)CC)c2ccccc12. The molecule has 0 atom stereocenters. The van der Waals surface area contributed by atoms with Crippen LogP contribution in [-0.4, -0.2) is 40.2 Å². The predicted molar refractivity (Wildman–Crippen MR) is 119 cm³/mol. The van der Waals surface area contributed by atoms with Crippen molar-refractivity contribution in [2.24, 2.45) is 0 Å². The lowest BCUT2D eigenvalue weighted by Crippen LogP contribution is -2.33. The van der Waals surface area contributed by atoms with E-state index in [-0.39, 0.29) is 12.5 Å². The monoisotopic (exact) mass is 405 g/mol. The van der Waals surface area contributed by atoms with Crippen molar-refractivity contribution >= 4 is 34.2 Å². The molecule has 3 rings (SSSR count). The van der Waals surface area contributed by atoms with Gasteiger partial charge in [-0.15, -0.1) is 0 Å². The van der Waals surface area contributed by atoms with Gasteiger partial charge in [0, 0.05) is 35.9 Å².